The second-order valence-corrected chi connectivity index (χ2v) is 7.20. The van der Waals surface area contributed by atoms with Gasteiger partial charge in [0.05, 0.1) is 12.0 Å². The molecule has 2 heterocycles. The standard InChI is InChI=1S/C18H23N3O4S/c1-2-24-15(23)8-5-9-19-14(22)10-25-17-16-12-6-3-4-7-13(12)26-18(16)21-11-20-17/h11H,2-10H2,1H3,(H,19,22). The fourth-order valence-electron chi connectivity index (χ4n) is 3.05. The molecule has 2 aromatic heterocycles. The van der Waals surface area contributed by atoms with Gasteiger partial charge in [0.25, 0.3) is 5.91 Å². The van der Waals surface area contributed by atoms with Gasteiger partial charge in [-0.1, -0.05) is 0 Å². The van der Waals surface area contributed by atoms with Gasteiger partial charge in [-0.25, -0.2) is 9.97 Å². The molecule has 1 aliphatic rings. The van der Waals surface area contributed by atoms with E-state index < -0.39 is 0 Å². The molecule has 0 aromatic carbocycles. The average Bonchev–Trinajstić information content (AvgIpc) is 3.03. The van der Waals surface area contributed by atoms with E-state index in [1.54, 1.807) is 18.3 Å². The number of nitrogens with one attached hydrogen (secondary N) is 1. The first-order valence-electron chi connectivity index (χ1n) is 8.99. The molecule has 0 atom stereocenters. The maximum absolute atomic E-state index is 12.0. The fraction of sp³-hybridized carbons (Fsp3) is 0.556. The van der Waals surface area contributed by atoms with Crippen molar-refractivity contribution in [1.29, 1.82) is 0 Å². The van der Waals surface area contributed by atoms with Crippen LogP contribution < -0.4 is 10.1 Å². The van der Waals surface area contributed by atoms with Gasteiger partial charge in [0.2, 0.25) is 5.88 Å². The summed E-state index contributed by atoms with van der Waals surface area (Å²) in [6, 6.07) is 0. The number of thiophene rings is 1. The lowest BCUT2D eigenvalue weighted by Gasteiger charge is -2.12. The zero-order valence-electron chi connectivity index (χ0n) is 14.9. The molecular formula is C18H23N3O4S. The molecule has 3 rings (SSSR count). The minimum absolute atomic E-state index is 0.101. The van der Waals surface area contributed by atoms with E-state index in [1.165, 1.54) is 23.2 Å². The van der Waals surface area contributed by atoms with Gasteiger partial charge in [-0.2, -0.15) is 0 Å². The highest BCUT2D eigenvalue weighted by molar-refractivity contribution is 7.18. The number of amides is 1. The lowest BCUT2D eigenvalue weighted by atomic mass is 9.97. The molecule has 0 saturated heterocycles. The van der Waals surface area contributed by atoms with Crippen molar-refractivity contribution in [3.05, 3.63) is 16.8 Å². The number of hydrogen-bond acceptors (Lipinski definition) is 7. The molecule has 7 nitrogen and oxygen atoms in total. The second kappa shape index (κ2) is 8.93. The molecule has 1 N–H and O–H groups in total. The smallest absolute Gasteiger partial charge is 0.305 e. The summed E-state index contributed by atoms with van der Waals surface area (Å²) in [7, 11) is 0. The van der Waals surface area contributed by atoms with Crippen molar-refractivity contribution in [1.82, 2.24) is 15.3 Å². The topological polar surface area (TPSA) is 90.4 Å². The predicted molar refractivity (Wildman–Crippen MR) is 98.4 cm³/mol. The van der Waals surface area contributed by atoms with Gasteiger partial charge in [0.1, 0.15) is 11.2 Å². The summed E-state index contributed by atoms with van der Waals surface area (Å²) in [6.45, 7) is 2.45. The number of nitrogens with zero attached hydrogens (tertiary/aromatic N) is 2. The Balaban J connectivity index is 1.52. The quantitative estimate of drug-likeness (QED) is 0.561. The highest BCUT2D eigenvalue weighted by Gasteiger charge is 2.20. The molecule has 0 saturated carbocycles. The molecule has 0 unspecified atom stereocenters. The number of rotatable bonds is 8. The zero-order chi connectivity index (χ0) is 18.4. The third-order valence-corrected chi connectivity index (χ3v) is 5.44. The lowest BCUT2D eigenvalue weighted by Crippen LogP contribution is -2.30. The van der Waals surface area contributed by atoms with Crippen molar-refractivity contribution < 1.29 is 19.1 Å². The summed E-state index contributed by atoms with van der Waals surface area (Å²) in [4.78, 5) is 34.1. The van der Waals surface area contributed by atoms with E-state index >= 15 is 0 Å². The molecule has 0 aliphatic heterocycles. The second-order valence-electron chi connectivity index (χ2n) is 6.12. The third-order valence-electron chi connectivity index (χ3n) is 4.24. The Kier molecular flexibility index (Phi) is 6.38. The highest BCUT2D eigenvalue weighted by Crippen LogP contribution is 2.38. The largest absolute Gasteiger partial charge is 0.467 e. The van der Waals surface area contributed by atoms with E-state index in [4.69, 9.17) is 9.47 Å². The minimum Gasteiger partial charge on any atom is -0.467 e. The normalized spacial score (nSPS) is 13.3. The first kappa shape index (κ1) is 18.6. The molecule has 0 spiro atoms. The molecule has 0 bridgehead atoms. The summed E-state index contributed by atoms with van der Waals surface area (Å²) >= 11 is 1.70. The van der Waals surface area contributed by atoms with Crippen LogP contribution in [0.25, 0.3) is 10.2 Å². The van der Waals surface area contributed by atoms with Crippen molar-refractivity contribution in [3.63, 3.8) is 0 Å². The van der Waals surface area contributed by atoms with Crippen molar-refractivity contribution in [3.8, 4) is 5.88 Å². The summed E-state index contributed by atoms with van der Waals surface area (Å²) in [5.41, 5.74) is 1.28. The lowest BCUT2D eigenvalue weighted by molar-refractivity contribution is -0.143. The van der Waals surface area contributed by atoms with Gasteiger partial charge in [-0.05, 0) is 44.6 Å². The zero-order valence-corrected chi connectivity index (χ0v) is 15.7. The van der Waals surface area contributed by atoms with Crippen LogP contribution in [0.5, 0.6) is 5.88 Å². The number of carbonyl (C=O) groups excluding carboxylic acids is 2. The van der Waals surface area contributed by atoms with Crippen LogP contribution in [-0.4, -0.2) is 41.6 Å². The number of fused-ring (bicyclic) bond motifs is 3. The van der Waals surface area contributed by atoms with Crippen LogP contribution in [0.3, 0.4) is 0 Å². The van der Waals surface area contributed by atoms with Crippen molar-refractivity contribution >= 4 is 33.4 Å². The van der Waals surface area contributed by atoms with E-state index in [9.17, 15) is 9.59 Å². The number of ether oxygens (including phenoxy) is 2. The maximum Gasteiger partial charge on any atom is 0.305 e. The van der Waals surface area contributed by atoms with Gasteiger partial charge < -0.3 is 14.8 Å². The Morgan fingerprint density at radius 3 is 2.96 bits per heavy atom. The van der Waals surface area contributed by atoms with E-state index in [-0.39, 0.29) is 18.5 Å². The van der Waals surface area contributed by atoms with Gasteiger partial charge in [-0.3, -0.25) is 9.59 Å². The van der Waals surface area contributed by atoms with Crippen LogP contribution in [-0.2, 0) is 27.2 Å². The predicted octanol–water partition coefficient (Wildman–Crippen LogP) is 2.41. The summed E-state index contributed by atoms with van der Waals surface area (Å²) in [6.07, 6.45) is 6.78. The van der Waals surface area contributed by atoms with Gasteiger partial charge in [-0.15, -0.1) is 11.3 Å². The molecule has 2 aromatic rings. The third kappa shape index (κ3) is 4.49. The first-order valence-corrected chi connectivity index (χ1v) is 9.81. The van der Waals surface area contributed by atoms with Crippen molar-refractivity contribution in [2.75, 3.05) is 19.8 Å². The molecule has 140 valence electrons. The van der Waals surface area contributed by atoms with E-state index in [2.05, 4.69) is 15.3 Å². The van der Waals surface area contributed by atoms with Gasteiger partial charge in [0, 0.05) is 17.8 Å². The monoisotopic (exact) mass is 377 g/mol. The molecule has 26 heavy (non-hydrogen) atoms. The van der Waals surface area contributed by atoms with Crippen molar-refractivity contribution in [2.24, 2.45) is 0 Å². The van der Waals surface area contributed by atoms with Crippen LogP contribution in [0, 0.1) is 0 Å². The number of esters is 1. The average molecular weight is 377 g/mol. The molecule has 0 fully saturated rings. The molecule has 1 aliphatic carbocycles. The Hall–Kier alpha value is -2.22. The molecule has 1 amide bonds. The van der Waals surface area contributed by atoms with Gasteiger partial charge in [0.15, 0.2) is 6.61 Å². The number of carbonyl (C=O) groups is 2. The van der Waals surface area contributed by atoms with E-state index in [1.807, 2.05) is 0 Å². The van der Waals surface area contributed by atoms with E-state index in [0.29, 0.717) is 31.9 Å². The van der Waals surface area contributed by atoms with Crippen LogP contribution in [0.1, 0.15) is 43.0 Å². The van der Waals surface area contributed by atoms with Crippen LogP contribution in [0.15, 0.2) is 6.33 Å². The molecule has 8 heteroatoms. The SMILES string of the molecule is CCOC(=O)CCCNC(=O)COc1ncnc2sc3c(c12)CCCC3. The number of hydrogen-bond donors (Lipinski definition) is 1. The number of aromatic nitrogens is 2. The molecular weight excluding hydrogens is 354 g/mol. The first-order chi connectivity index (χ1) is 12.7. The summed E-state index contributed by atoms with van der Waals surface area (Å²) in [5.74, 6) is 0.00407. The summed E-state index contributed by atoms with van der Waals surface area (Å²) in [5, 5.41) is 3.70. The van der Waals surface area contributed by atoms with Gasteiger partial charge >= 0.3 is 5.97 Å². The maximum atomic E-state index is 12.0. The number of aryl methyl sites for hydroxylation is 2. The van der Waals surface area contributed by atoms with E-state index in [0.717, 1.165) is 29.5 Å². The molecule has 0 radical (unpaired) electrons. The van der Waals surface area contributed by atoms with Crippen LogP contribution in [0.4, 0.5) is 0 Å². The Bertz CT molecular complexity index is 790. The highest BCUT2D eigenvalue weighted by atomic mass is 32.1. The Morgan fingerprint density at radius 1 is 1.27 bits per heavy atom. The minimum atomic E-state index is -0.247. The van der Waals surface area contributed by atoms with Crippen molar-refractivity contribution in [2.45, 2.75) is 45.4 Å². The summed E-state index contributed by atoms with van der Waals surface area (Å²) < 4.78 is 10.5. The Labute approximate surface area is 156 Å². The Morgan fingerprint density at radius 2 is 2.12 bits per heavy atom. The van der Waals surface area contributed by atoms with Crippen LogP contribution >= 0.6 is 11.3 Å². The fourth-order valence-corrected chi connectivity index (χ4v) is 4.27. The van der Waals surface area contributed by atoms with Crippen LogP contribution in [0.2, 0.25) is 0 Å².